The summed E-state index contributed by atoms with van der Waals surface area (Å²) in [4.78, 5) is 52.2. The summed E-state index contributed by atoms with van der Waals surface area (Å²) < 4.78 is 6.19. The third kappa shape index (κ3) is 7.09. The fourth-order valence-corrected chi connectivity index (χ4v) is 13.6. The monoisotopic (exact) mass is 777 g/mol. The first-order valence-corrected chi connectivity index (χ1v) is 21.5. The van der Waals surface area contributed by atoms with Crippen LogP contribution < -0.4 is 0 Å². The molecule has 6 rings (SSSR count). The summed E-state index contributed by atoms with van der Waals surface area (Å²) in [6.45, 7) is 22.5. The fourth-order valence-electron chi connectivity index (χ4n) is 13.6. The van der Waals surface area contributed by atoms with Crippen LogP contribution in [0.5, 0.6) is 0 Å². The fraction of sp³-hybridized carbons (Fsp3) is 0.804. The summed E-state index contributed by atoms with van der Waals surface area (Å²) in [6.07, 6.45) is 12.3. The van der Waals surface area contributed by atoms with Gasteiger partial charge in [-0.25, -0.2) is 9.97 Å². The highest BCUT2D eigenvalue weighted by molar-refractivity contribution is 6.00. The number of aliphatic hydroxyl groups excluding tert-OH is 1. The van der Waals surface area contributed by atoms with Crippen molar-refractivity contribution >= 4 is 17.7 Å². The van der Waals surface area contributed by atoms with Gasteiger partial charge >= 0.3 is 11.9 Å². The zero-order chi connectivity index (χ0) is 41.2. The van der Waals surface area contributed by atoms with E-state index in [0.717, 1.165) is 75.6 Å². The predicted molar refractivity (Wildman–Crippen MR) is 217 cm³/mol. The van der Waals surface area contributed by atoms with Crippen LogP contribution in [-0.4, -0.2) is 93.6 Å². The number of nitrogens with zero attached hydrogens (tertiary/aromatic N) is 4. The van der Waals surface area contributed by atoms with E-state index in [1.165, 1.54) is 5.57 Å². The molecule has 2 N–H and O–H groups in total. The molecule has 0 aliphatic heterocycles. The second-order valence-electron chi connectivity index (χ2n) is 21.4. The predicted octanol–water partition coefficient (Wildman–Crippen LogP) is 7.59. The summed E-state index contributed by atoms with van der Waals surface area (Å²) >= 11 is 0. The number of aliphatic hydroxyl groups is 1. The highest BCUT2D eigenvalue weighted by Gasteiger charge is 2.71. The van der Waals surface area contributed by atoms with Crippen molar-refractivity contribution in [2.75, 3.05) is 33.7 Å². The number of ether oxygens (including phenoxy) is 1. The maximum absolute atomic E-state index is 14.3. The second-order valence-corrected chi connectivity index (χ2v) is 21.4. The van der Waals surface area contributed by atoms with E-state index in [1.807, 2.05) is 12.4 Å². The van der Waals surface area contributed by atoms with Gasteiger partial charge in [0.2, 0.25) is 0 Å². The minimum atomic E-state index is -1.17. The van der Waals surface area contributed by atoms with E-state index >= 15 is 0 Å². The Kier molecular flexibility index (Phi) is 11.6. The van der Waals surface area contributed by atoms with E-state index in [4.69, 9.17) is 4.74 Å². The molecule has 10 nitrogen and oxygen atoms in total. The Morgan fingerprint density at radius 3 is 2.23 bits per heavy atom. The number of aliphatic carboxylic acids is 1. The molecule has 312 valence electrons. The van der Waals surface area contributed by atoms with Gasteiger partial charge < -0.3 is 19.8 Å². The van der Waals surface area contributed by atoms with Gasteiger partial charge in [-0.3, -0.25) is 19.3 Å². The van der Waals surface area contributed by atoms with Crippen molar-refractivity contribution < 1.29 is 29.3 Å². The van der Waals surface area contributed by atoms with Crippen LogP contribution in [0.2, 0.25) is 0 Å². The molecule has 5 aliphatic carbocycles. The average molecular weight is 777 g/mol. The molecule has 4 saturated carbocycles. The number of hydrogen-bond donors (Lipinski definition) is 2. The van der Waals surface area contributed by atoms with E-state index in [-0.39, 0.29) is 51.8 Å². The molecule has 0 spiro atoms. The van der Waals surface area contributed by atoms with Crippen LogP contribution in [0.15, 0.2) is 29.9 Å². The van der Waals surface area contributed by atoms with Crippen LogP contribution in [-0.2, 0) is 25.7 Å². The Morgan fingerprint density at radius 1 is 0.929 bits per heavy atom. The van der Waals surface area contributed by atoms with Gasteiger partial charge in [0, 0.05) is 61.4 Å². The number of carboxylic acids is 1. The van der Waals surface area contributed by atoms with Crippen molar-refractivity contribution in [3.8, 4) is 0 Å². The standard InChI is InChI=1S/C46H72N4O6/c1-29(2)38-32(51)22-46(35(52)27-50(21-20-49(10)11)26-30-24-47-28-48-25-30)19-18-44(8)31(39(38)46)12-13-34-43(7)16-15-36(56-37(53)23-41(3,4)40(54)55)42(5,6)33(43)14-17-45(34,44)9/h24-25,28-29,31,33-36,52H,12-23,26-27H2,1-11H3,(H,54,55)/t31-,33+,34-,35+,36-,43+,44-,45-,46+/m1/s1. The number of fused-ring (bicyclic) bond motifs is 7. The van der Waals surface area contributed by atoms with Gasteiger partial charge in [-0.05, 0) is 125 Å². The zero-order valence-electron chi connectivity index (χ0n) is 36.4. The Labute approximate surface area is 336 Å². The number of esters is 1. The third-order valence-electron chi connectivity index (χ3n) is 16.8. The van der Waals surface area contributed by atoms with Crippen molar-refractivity contribution in [2.24, 2.45) is 56.2 Å². The SMILES string of the molecule is CC(C)C1=C2[C@H]3CC[C@@H]4[C@@]5(C)CC[C@@H](OC(=O)CC(C)(C)C(=O)O)C(C)(C)[C@@H]5CC[C@@]4(C)[C@]3(C)CC[C@@]2([C@@H](O)CN(CCN(C)C)Cc2cncnc2)CC1=O. The minimum Gasteiger partial charge on any atom is -0.481 e. The quantitative estimate of drug-likeness (QED) is 0.193. The lowest BCUT2D eigenvalue weighted by Crippen LogP contribution is -2.66. The normalized spacial score (nSPS) is 35.9. The molecule has 0 saturated heterocycles. The second kappa shape index (κ2) is 15.2. The number of rotatable bonds is 13. The molecule has 1 aromatic heterocycles. The van der Waals surface area contributed by atoms with Gasteiger partial charge in [0.1, 0.15) is 12.4 Å². The average Bonchev–Trinajstić information content (AvgIpc) is 3.42. The Balaban J connectivity index is 1.29. The largest absolute Gasteiger partial charge is 0.481 e. The highest BCUT2D eigenvalue weighted by Crippen LogP contribution is 2.77. The molecule has 1 heterocycles. The third-order valence-corrected chi connectivity index (χ3v) is 16.8. The van der Waals surface area contributed by atoms with Crippen molar-refractivity contribution in [2.45, 2.75) is 145 Å². The Hall–Kier alpha value is -2.69. The first-order chi connectivity index (χ1) is 26.0. The van der Waals surface area contributed by atoms with Gasteiger partial charge in [-0.1, -0.05) is 54.0 Å². The Bertz CT molecular complexity index is 1690. The maximum Gasteiger partial charge on any atom is 0.309 e. The van der Waals surface area contributed by atoms with E-state index in [1.54, 1.807) is 20.2 Å². The molecule has 56 heavy (non-hydrogen) atoms. The number of Topliss-reactive ketones (excluding diaryl/α,β-unsaturated/α-hetero) is 1. The van der Waals surface area contributed by atoms with Crippen LogP contribution in [0.25, 0.3) is 0 Å². The summed E-state index contributed by atoms with van der Waals surface area (Å²) in [5.74, 6) is -0.0122. The van der Waals surface area contributed by atoms with Gasteiger partial charge in [0.05, 0.1) is 17.9 Å². The molecule has 1 aromatic rings. The van der Waals surface area contributed by atoms with E-state index in [2.05, 4.69) is 82.3 Å². The number of carboxylic acid groups (broad SMARTS) is 1. The zero-order valence-corrected chi connectivity index (χ0v) is 36.4. The van der Waals surface area contributed by atoms with Crippen LogP contribution in [0.3, 0.4) is 0 Å². The van der Waals surface area contributed by atoms with Crippen LogP contribution in [0.4, 0.5) is 0 Å². The first-order valence-electron chi connectivity index (χ1n) is 21.5. The Morgan fingerprint density at radius 2 is 1.61 bits per heavy atom. The summed E-state index contributed by atoms with van der Waals surface area (Å²) in [7, 11) is 4.15. The molecule has 0 amide bonds. The number of carbonyl (C=O) groups excluding carboxylic acids is 2. The number of likely N-dealkylation sites (N-methyl/N-ethyl adjacent to an activating group) is 1. The summed E-state index contributed by atoms with van der Waals surface area (Å²) in [5.41, 5.74) is 1.37. The molecule has 5 aliphatic rings. The number of carbonyl (C=O) groups is 3. The molecule has 10 heteroatoms. The van der Waals surface area contributed by atoms with Gasteiger partial charge in [0.25, 0.3) is 0 Å². The lowest BCUT2D eigenvalue weighted by molar-refractivity contribution is -0.235. The maximum atomic E-state index is 14.3. The minimum absolute atomic E-state index is 0.0327. The molecule has 9 atom stereocenters. The molecule has 0 aromatic carbocycles. The molecule has 0 bridgehead atoms. The van der Waals surface area contributed by atoms with Crippen molar-refractivity contribution in [3.05, 3.63) is 35.4 Å². The number of hydrogen-bond acceptors (Lipinski definition) is 9. The highest BCUT2D eigenvalue weighted by atomic mass is 16.5. The van der Waals surface area contributed by atoms with Gasteiger partial charge in [-0.15, -0.1) is 0 Å². The van der Waals surface area contributed by atoms with Crippen LogP contribution >= 0.6 is 0 Å². The molecular weight excluding hydrogens is 705 g/mol. The summed E-state index contributed by atoms with van der Waals surface area (Å²) in [6, 6.07) is 0. The van der Waals surface area contributed by atoms with Crippen LogP contribution in [0.1, 0.15) is 132 Å². The molecular formula is C46H72N4O6. The van der Waals surface area contributed by atoms with Crippen molar-refractivity contribution in [1.29, 1.82) is 0 Å². The topological polar surface area (TPSA) is 133 Å². The van der Waals surface area contributed by atoms with Gasteiger partial charge in [-0.2, -0.15) is 0 Å². The first kappa shape index (κ1) is 42.9. The van der Waals surface area contributed by atoms with Gasteiger partial charge in [0.15, 0.2) is 5.78 Å². The molecule has 4 fully saturated rings. The van der Waals surface area contributed by atoms with E-state index < -0.39 is 28.9 Å². The van der Waals surface area contributed by atoms with Crippen molar-refractivity contribution in [1.82, 2.24) is 19.8 Å². The number of ketones is 1. The van der Waals surface area contributed by atoms with Crippen molar-refractivity contribution in [3.63, 3.8) is 0 Å². The number of aromatic nitrogens is 2. The smallest absolute Gasteiger partial charge is 0.309 e. The van der Waals surface area contributed by atoms with E-state index in [0.29, 0.717) is 31.3 Å². The van der Waals surface area contributed by atoms with Crippen LogP contribution in [0, 0.1) is 56.2 Å². The lowest BCUT2D eigenvalue weighted by Gasteiger charge is -2.72. The lowest BCUT2D eigenvalue weighted by atomic mass is 9.33. The molecule has 0 unspecified atom stereocenters. The number of allylic oxidation sites excluding steroid dienone is 1. The van der Waals surface area contributed by atoms with E-state index in [9.17, 15) is 24.6 Å². The summed E-state index contributed by atoms with van der Waals surface area (Å²) in [5, 5.41) is 22.3. The molecule has 0 radical (unpaired) electrons.